The van der Waals surface area contributed by atoms with Crippen molar-refractivity contribution in [2.24, 2.45) is 5.73 Å². The van der Waals surface area contributed by atoms with Crippen LogP contribution in [-0.2, 0) is 4.79 Å². The molecule has 1 aliphatic rings. The van der Waals surface area contributed by atoms with Crippen molar-refractivity contribution >= 4 is 28.8 Å². The van der Waals surface area contributed by atoms with Crippen molar-refractivity contribution in [2.45, 2.75) is 30.4 Å². The highest BCUT2D eigenvalue weighted by Crippen LogP contribution is 2.24. The predicted molar refractivity (Wildman–Crippen MR) is 81.5 cm³/mol. The van der Waals surface area contributed by atoms with Crippen molar-refractivity contribution in [1.82, 2.24) is 9.80 Å². The van der Waals surface area contributed by atoms with Gasteiger partial charge in [-0.1, -0.05) is 0 Å². The normalized spacial score (nSPS) is 31.4. The number of aliphatic hydroxyl groups excluding tert-OH is 5. The fourth-order valence-electron chi connectivity index (χ4n) is 2.36. The summed E-state index contributed by atoms with van der Waals surface area (Å²) in [5.74, 6) is -1.02. The number of nitrogens with two attached hydrogens (primary N) is 1. The van der Waals surface area contributed by atoms with Crippen LogP contribution in [0.25, 0.3) is 0 Å². The number of guanidine groups is 1. The first-order valence-electron chi connectivity index (χ1n) is 6.38. The lowest BCUT2D eigenvalue weighted by atomic mass is 9.88. The number of carbonyl (C=O) groups excluding carboxylic acids is 1. The number of nitrogens with zero attached hydrogens (tertiary/aromatic N) is 2. The van der Waals surface area contributed by atoms with Crippen LogP contribution in [0.15, 0.2) is 0 Å². The zero-order chi connectivity index (χ0) is 16.3. The summed E-state index contributed by atoms with van der Waals surface area (Å²) in [6.07, 6.45) is -4.70. The maximum atomic E-state index is 12.3. The molecule has 10 nitrogen and oxygen atoms in total. The maximum Gasteiger partial charge on any atom is 0.243 e. The number of rotatable bonds is 4. The van der Waals surface area contributed by atoms with E-state index in [4.69, 9.17) is 11.1 Å². The molecule has 0 aromatic rings. The van der Waals surface area contributed by atoms with Gasteiger partial charge in [-0.3, -0.25) is 10.2 Å². The number of piperidine rings is 1. The standard InChI is InChI=1S/C11H22N4O6.BrH/c1-14(11(12)13)2-7(18)15-5(3-16)8(19)10(21)9(20)6(15)4-17;/h5-6,8-10,16-17,19-21H,2-4H2,1H3,(H3,12,13);1H/t5-,6-,8-,9+,10?;/m1./s1. The minimum Gasteiger partial charge on any atom is -0.394 e. The maximum absolute atomic E-state index is 12.3. The first-order chi connectivity index (χ1) is 9.76. The summed E-state index contributed by atoms with van der Waals surface area (Å²) in [4.78, 5) is 14.3. The molecule has 0 aliphatic carbocycles. The highest BCUT2D eigenvalue weighted by atomic mass is 79.9. The average molecular weight is 387 g/mol. The fourth-order valence-corrected chi connectivity index (χ4v) is 2.36. The first kappa shape index (κ1) is 21.0. The molecule has 1 saturated heterocycles. The summed E-state index contributed by atoms with van der Waals surface area (Å²) < 4.78 is 0. The molecule has 0 aromatic heterocycles. The third-order valence-electron chi connectivity index (χ3n) is 3.65. The quantitative estimate of drug-likeness (QED) is 0.189. The van der Waals surface area contributed by atoms with Crippen LogP contribution < -0.4 is 5.73 Å². The van der Waals surface area contributed by atoms with Crippen LogP contribution in [0.3, 0.4) is 0 Å². The van der Waals surface area contributed by atoms with Crippen molar-refractivity contribution in [2.75, 3.05) is 26.8 Å². The van der Waals surface area contributed by atoms with E-state index >= 15 is 0 Å². The van der Waals surface area contributed by atoms with E-state index in [9.17, 15) is 30.3 Å². The second-order valence-electron chi connectivity index (χ2n) is 5.01. The van der Waals surface area contributed by atoms with E-state index in [1.165, 1.54) is 7.05 Å². The largest absolute Gasteiger partial charge is 0.394 e. The number of aliphatic hydroxyl groups is 5. The first-order valence-corrected chi connectivity index (χ1v) is 6.38. The molecular formula is C11H23BrN4O6. The van der Waals surface area contributed by atoms with Crippen LogP contribution >= 0.6 is 17.0 Å². The van der Waals surface area contributed by atoms with Crippen molar-refractivity contribution in [3.8, 4) is 0 Å². The zero-order valence-electron chi connectivity index (χ0n) is 12.0. The number of hydrogen-bond acceptors (Lipinski definition) is 7. The van der Waals surface area contributed by atoms with E-state index in [1.54, 1.807) is 0 Å². The Morgan fingerprint density at radius 3 is 1.86 bits per heavy atom. The summed E-state index contributed by atoms with van der Waals surface area (Å²) in [7, 11) is 1.40. The van der Waals surface area contributed by atoms with Gasteiger partial charge in [0.05, 0.1) is 31.8 Å². The Morgan fingerprint density at radius 2 is 1.55 bits per heavy atom. The van der Waals surface area contributed by atoms with Crippen LogP contribution in [0.5, 0.6) is 0 Å². The lowest BCUT2D eigenvalue weighted by Crippen LogP contribution is -2.70. The number of amides is 1. The van der Waals surface area contributed by atoms with E-state index in [-0.39, 0.29) is 29.5 Å². The molecule has 1 heterocycles. The van der Waals surface area contributed by atoms with Crippen molar-refractivity contribution in [3.63, 3.8) is 0 Å². The summed E-state index contributed by atoms with van der Waals surface area (Å²) >= 11 is 0. The molecule has 1 aliphatic heterocycles. The van der Waals surface area contributed by atoms with Gasteiger partial charge >= 0.3 is 0 Å². The fraction of sp³-hybridized carbons (Fsp3) is 0.818. The van der Waals surface area contributed by atoms with E-state index in [2.05, 4.69) is 0 Å². The van der Waals surface area contributed by atoms with Gasteiger partial charge in [-0.05, 0) is 0 Å². The van der Waals surface area contributed by atoms with Gasteiger partial charge in [0.25, 0.3) is 0 Å². The van der Waals surface area contributed by atoms with Gasteiger partial charge in [0, 0.05) is 7.05 Å². The Hall–Kier alpha value is -0.980. The van der Waals surface area contributed by atoms with E-state index in [0.717, 1.165) is 9.80 Å². The Kier molecular flexibility index (Phi) is 8.22. The molecule has 0 spiro atoms. The topological polar surface area (TPSA) is 175 Å². The van der Waals surface area contributed by atoms with Gasteiger partial charge in [0.15, 0.2) is 5.96 Å². The van der Waals surface area contributed by atoms with Gasteiger partial charge in [0.2, 0.25) is 5.91 Å². The molecule has 1 fully saturated rings. The van der Waals surface area contributed by atoms with Crippen molar-refractivity contribution < 1.29 is 30.3 Å². The molecule has 0 saturated carbocycles. The molecule has 1 amide bonds. The minimum absolute atomic E-state index is 0. The zero-order valence-corrected chi connectivity index (χ0v) is 13.7. The number of nitrogens with one attached hydrogen (secondary N) is 1. The second-order valence-corrected chi connectivity index (χ2v) is 5.01. The van der Waals surface area contributed by atoms with Gasteiger partial charge < -0.3 is 41.1 Å². The number of carbonyl (C=O) groups is 1. The van der Waals surface area contributed by atoms with Crippen molar-refractivity contribution in [3.05, 3.63) is 0 Å². The van der Waals surface area contributed by atoms with Crippen LogP contribution in [0.4, 0.5) is 0 Å². The third-order valence-corrected chi connectivity index (χ3v) is 3.65. The summed E-state index contributed by atoms with van der Waals surface area (Å²) in [5, 5.41) is 55.3. The smallest absolute Gasteiger partial charge is 0.243 e. The molecule has 5 atom stereocenters. The van der Waals surface area contributed by atoms with E-state index in [1.807, 2.05) is 0 Å². The Bertz CT molecular complexity index is 383. The molecular weight excluding hydrogens is 364 g/mol. The molecule has 1 rings (SSSR count). The predicted octanol–water partition coefficient (Wildman–Crippen LogP) is -3.96. The monoisotopic (exact) mass is 386 g/mol. The number of likely N-dealkylation sites (tertiary alicyclic amines) is 1. The third kappa shape index (κ3) is 4.06. The Labute approximate surface area is 138 Å². The molecule has 1 unspecified atom stereocenters. The van der Waals surface area contributed by atoms with Gasteiger partial charge in [-0.15, -0.1) is 17.0 Å². The highest BCUT2D eigenvalue weighted by Gasteiger charge is 2.49. The number of halogens is 1. The summed E-state index contributed by atoms with van der Waals surface area (Å²) in [5.41, 5.74) is 5.23. The molecule has 8 N–H and O–H groups in total. The lowest BCUT2D eigenvalue weighted by molar-refractivity contribution is -0.187. The van der Waals surface area contributed by atoms with Gasteiger partial charge in [-0.2, -0.15) is 0 Å². The Balaban J connectivity index is 0.00000441. The van der Waals surface area contributed by atoms with E-state index < -0.39 is 49.5 Å². The molecule has 130 valence electrons. The van der Waals surface area contributed by atoms with Crippen LogP contribution in [-0.4, -0.2) is 104 Å². The molecule has 11 heteroatoms. The molecule has 22 heavy (non-hydrogen) atoms. The summed E-state index contributed by atoms with van der Waals surface area (Å²) in [6.45, 7) is -1.65. The molecule has 0 radical (unpaired) electrons. The van der Waals surface area contributed by atoms with Gasteiger partial charge in [-0.25, -0.2) is 0 Å². The average Bonchev–Trinajstić information content (AvgIpc) is 2.44. The van der Waals surface area contributed by atoms with Gasteiger partial charge in [0.1, 0.15) is 18.3 Å². The molecule has 0 aromatic carbocycles. The SMILES string of the molecule is Br.CN(CC(=O)N1[C@H](CO)[C@H](O)C(O)[C@H](O)[C@H]1CO)C(=N)N. The number of hydrogen-bond donors (Lipinski definition) is 7. The second kappa shape index (κ2) is 8.60. The van der Waals surface area contributed by atoms with Crippen LogP contribution in [0.1, 0.15) is 0 Å². The van der Waals surface area contributed by atoms with Crippen LogP contribution in [0.2, 0.25) is 0 Å². The van der Waals surface area contributed by atoms with Crippen LogP contribution in [0, 0.1) is 5.41 Å². The molecule has 0 bridgehead atoms. The van der Waals surface area contributed by atoms with Crippen molar-refractivity contribution in [1.29, 1.82) is 5.41 Å². The Morgan fingerprint density at radius 1 is 1.14 bits per heavy atom. The minimum atomic E-state index is -1.59. The highest BCUT2D eigenvalue weighted by molar-refractivity contribution is 8.93. The van der Waals surface area contributed by atoms with E-state index in [0.29, 0.717) is 0 Å². The lowest BCUT2D eigenvalue weighted by Gasteiger charge is -2.48. The summed E-state index contributed by atoms with van der Waals surface area (Å²) in [6, 6.07) is -2.35. The number of likely N-dealkylation sites (N-methyl/N-ethyl adjacent to an activating group) is 1.